The molecule has 3 rings (SSSR count). The van der Waals surface area contributed by atoms with E-state index in [0.29, 0.717) is 31.3 Å². The third-order valence-electron chi connectivity index (χ3n) is 4.44. The van der Waals surface area contributed by atoms with E-state index in [9.17, 15) is 9.59 Å². The predicted octanol–water partition coefficient (Wildman–Crippen LogP) is 2.12. The van der Waals surface area contributed by atoms with Gasteiger partial charge in [0.25, 0.3) is 0 Å². The Morgan fingerprint density at radius 1 is 1.44 bits per heavy atom. The van der Waals surface area contributed by atoms with Crippen molar-refractivity contribution in [3.05, 3.63) is 35.0 Å². The van der Waals surface area contributed by atoms with Crippen molar-refractivity contribution in [1.29, 1.82) is 0 Å². The van der Waals surface area contributed by atoms with Gasteiger partial charge >= 0.3 is 5.97 Å². The molecule has 6 nitrogen and oxygen atoms in total. The van der Waals surface area contributed by atoms with Crippen LogP contribution in [0.1, 0.15) is 18.9 Å². The average molecular weight is 364 g/mol. The minimum absolute atomic E-state index is 0.0443. The highest BCUT2D eigenvalue weighted by Gasteiger charge is 2.30. The monoisotopic (exact) mass is 363 g/mol. The number of aromatic amines is 1. The molecule has 2 heterocycles. The second-order valence-corrected chi connectivity index (χ2v) is 6.53. The summed E-state index contributed by atoms with van der Waals surface area (Å²) >= 11 is 6.08. The van der Waals surface area contributed by atoms with Gasteiger partial charge in [0.05, 0.1) is 19.1 Å². The molecule has 1 saturated heterocycles. The van der Waals surface area contributed by atoms with E-state index in [2.05, 4.69) is 10.3 Å². The number of rotatable bonds is 6. The van der Waals surface area contributed by atoms with Gasteiger partial charge in [-0.3, -0.25) is 9.59 Å². The predicted molar refractivity (Wildman–Crippen MR) is 96.6 cm³/mol. The molecule has 134 valence electrons. The number of H-pyrrole nitrogens is 1. The van der Waals surface area contributed by atoms with E-state index in [0.717, 1.165) is 22.9 Å². The number of nitrogens with one attached hydrogen (secondary N) is 2. The Hall–Kier alpha value is -2.05. The molecule has 0 saturated carbocycles. The molecule has 1 atom stereocenters. The molecule has 2 aromatic rings. The lowest BCUT2D eigenvalue weighted by molar-refractivity contribution is -0.148. The van der Waals surface area contributed by atoms with Gasteiger partial charge in [0.15, 0.2) is 0 Å². The van der Waals surface area contributed by atoms with Crippen LogP contribution in [0.25, 0.3) is 10.9 Å². The van der Waals surface area contributed by atoms with Gasteiger partial charge in [-0.15, -0.1) is 0 Å². The maximum absolute atomic E-state index is 12.6. The first-order valence-corrected chi connectivity index (χ1v) is 8.89. The first-order valence-electron chi connectivity index (χ1n) is 8.51. The second kappa shape index (κ2) is 7.89. The molecule has 0 spiro atoms. The van der Waals surface area contributed by atoms with E-state index >= 15 is 0 Å². The van der Waals surface area contributed by atoms with Crippen LogP contribution in [-0.2, 0) is 20.7 Å². The number of piperazine rings is 1. The van der Waals surface area contributed by atoms with E-state index < -0.39 is 6.04 Å². The highest BCUT2D eigenvalue weighted by molar-refractivity contribution is 6.31. The van der Waals surface area contributed by atoms with Crippen LogP contribution < -0.4 is 5.32 Å². The lowest BCUT2D eigenvalue weighted by atomic mass is 10.1. The molecule has 2 N–H and O–H groups in total. The number of benzene rings is 1. The molecule has 0 aliphatic carbocycles. The van der Waals surface area contributed by atoms with E-state index in [-0.39, 0.29) is 18.3 Å². The molecule has 1 aromatic heterocycles. The quantitative estimate of drug-likeness (QED) is 0.771. The van der Waals surface area contributed by atoms with E-state index in [1.165, 1.54) is 0 Å². The number of esters is 1. The Morgan fingerprint density at radius 3 is 3.08 bits per heavy atom. The molecular weight excluding hydrogens is 342 g/mol. The lowest BCUT2D eigenvalue weighted by Gasteiger charge is -2.32. The van der Waals surface area contributed by atoms with Gasteiger partial charge in [-0.2, -0.15) is 0 Å². The average Bonchev–Trinajstić information content (AvgIpc) is 2.98. The van der Waals surface area contributed by atoms with Crippen LogP contribution in [0.4, 0.5) is 0 Å². The number of nitrogens with zero attached hydrogens (tertiary/aromatic N) is 1. The van der Waals surface area contributed by atoms with Crippen LogP contribution in [0.15, 0.2) is 24.4 Å². The summed E-state index contributed by atoms with van der Waals surface area (Å²) in [6, 6.07) is 5.24. The maximum atomic E-state index is 12.6. The summed E-state index contributed by atoms with van der Waals surface area (Å²) in [5, 5.41) is 4.88. The molecule has 0 radical (unpaired) electrons. The van der Waals surface area contributed by atoms with Crippen LogP contribution in [0.5, 0.6) is 0 Å². The Morgan fingerprint density at radius 2 is 2.28 bits per heavy atom. The van der Waals surface area contributed by atoms with Crippen LogP contribution in [0.3, 0.4) is 0 Å². The fourth-order valence-corrected chi connectivity index (χ4v) is 3.34. The topological polar surface area (TPSA) is 74.4 Å². The Kier molecular flexibility index (Phi) is 5.60. The number of ether oxygens (including phenoxy) is 1. The van der Waals surface area contributed by atoms with Crippen LogP contribution in [-0.4, -0.2) is 54.0 Å². The SMILES string of the molecule is CCOC(=O)CC1NCCN(CCc2c[nH]c3ccc(Cl)cc23)C1=O. The minimum Gasteiger partial charge on any atom is -0.466 e. The summed E-state index contributed by atoms with van der Waals surface area (Å²) in [5.41, 5.74) is 2.16. The fourth-order valence-electron chi connectivity index (χ4n) is 3.17. The molecule has 1 aromatic carbocycles. The largest absolute Gasteiger partial charge is 0.466 e. The molecule has 25 heavy (non-hydrogen) atoms. The van der Waals surface area contributed by atoms with Crippen molar-refractivity contribution in [2.45, 2.75) is 25.8 Å². The Balaban J connectivity index is 1.62. The number of fused-ring (bicyclic) bond motifs is 1. The smallest absolute Gasteiger partial charge is 0.307 e. The first kappa shape index (κ1) is 17.8. The van der Waals surface area contributed by atoms with Crippen molar-refractivity contribution in [3.8, 4) is 0 Å². The van der Waals surface area contributed by atoms with Crippen LogP contribution >= 0.6 is 11.6 Å². The number of halogens is 1. The Bertz CT molecular complexity index is 774. The zero-order valence-corrected chi connectivity index (χ0v) is 14.9. The number of hydrogen-bond donors (Lipinski definition) is 2. The van der Waals surface area contributed by atoms with Crippen LogP contribution in [0, 0.1) is 0 Å². The van der Waals surface area contributed by atoms with Gasteiger partial charge in [0.2, 0.25) is 5.91 Å². The fraction of sp³-hybridized carbons (Fsp3) is 0.444. The van der Waals surface area contributed by atoms with Gasteiger partial charge in [0.1, 0.15) is 0 Å². The zero-order chi connectivity index (χ0) is 17.8. The van der Waals surface area contributed by atoms with Crippen molar-refractivity contribution < 1.29 is 14.3 Å². The molecule has 1 aliphatic heterocycles. The normalized spacial score (nSPS) is 17.9. The lowest BCUT2D eigenvalue weighted by Crippen LogP contribution is -2.56. The van der Waals surface area contributed by atoms with Crippen molar-refractivity contribution in [3.63, 3.8) is 0 Å². The third kappa shape index (κ3) is 4.14. The number of carbonyl (C=O) groups excluding carboxylic acids is 2. The molecule has 1 unspecified atom stereocenters. The molecule has 0 bridgehead atoms. The van der Waals surface area contributed by atoms with Gasteiger partial charge in [-0.05, 0) is 37.1 Å². The molecule has 1 aliphatic rings. The van der Waals surface area contributed by atoms with Crippen molar-refractivity contribution in [2.24, 2.45) is 0 Å². The van der Waals surface area contributed by atoms with E-state index in [1.807, 2.05) is 29.3 Å². The summed E-state index contributed by atoms with van der Waals surface area (Å²) in [5.74, 6) is -0.390. The number of hydrogen-bond acceptors (Lipinski definition) is 4. The highest BCUT2D eigenvalue weighted by Crippen LogP contribution is 2.23. The van der Waals surface area contributed by atoms with Crippen LogP contribution in [0.2, 0.25) is 5.02 Å². The number of amides is 1. The van der Waals surface area contributed by atoms with E-state index in [4.69, 9.17) is 16.3 Å². The number of aromatic nitrogens is 1. The number of carbonyl (C=O) groups is 2. The third-order valence-corrected chi connectivity index (χ3v) is 4.67. The molecule has 1 amide bonds. The summed E-state index contributed by atoms with van der Waals surface area (Å²) in [6.45, 7) is 4.01. The first-order chi connectivity index (χ1) is 12.1. The Labute approximate surface area is 151 Å². The molecular formula is C18H22ClN3O3. The van der Waals surface area contributed by atoms with Crippen molar-refractivity contribution in [2.75, 3.05) is 26.2 Å². The zero-order valence-electron chi connectivity index (χ0n) is 14.2. The van der Waals surface area contributed by atoms with Crippen molar-refractivity contribution >= 4 is 34.4 Å². The molecule has 1 fully saturated rings. The summed E-state index contributed by atoms with van der Waals surface area (Å²) in [7, 11) is 0. The van der Waals surface area contributed by atoms with Gasteiger partial charge < -0.3 is 19.9 Å². The maximum Gasteiger partial charge on any atom is 0.307 e. The molecule has 7 heteroatoms. The van der Waals surface area contributed by atoms with Gasteiger partial charge in [-0.1, -0.05) is 11.6 Å². The standard InChI is InChI=1S/C18H22ClN3O3/c1-2-25-17(23)10-16-18(24)22(8-6-20-16)7-5-12-11-21-15-4-3-13(19)9-14(12)15/h3-4,9,11,16,20-21H,2,5-8,10H2,1H3. The summed E-state index contributed by atoms with van der Waals surface area (Å²) < 4.78 is 4.94. The van der Waals surface area contributed by atoms with Gasteiger partial charge in [0, 0.05) is 41.8 Å². The second-order valence-electron chi connectivity index (χ2n) is 6.09. The summed E-state index contributed by atoms with van der Waals surface area (Å²) in [6.07, 6.45) is 2.77. The van der Waals surface area contributed by atoms with E-state index in [1.54, 1.807) is 6.92 Å². The summed E-state index contributed by atoms with van der Waals surface area (Å²) in [4.78, 5) is 29.2. The van der Waals surface area contributed by atoms with Crippen molar-refractivity contribution in [1.82, 2.24) is 15.2 Å². The minimum atomic E-state index is -0.495. The van der Waals surface area contributed by atoms with Gasteiger partial charge in [-0.25, -0.2) is 0 Å². The highest BCUT2D eigenvalue weighted by atomic mass is 35.5.